The van der Waals surface area contributed by atoms with E-state index in [1.165, 1.54) is 18.2 Å². The Balaban J connectivity index is 1.32. The highest BCUT2D eigenvalue weighted by Gasteiger charge is 2.24. The molecule has 35 heavy (non-hydrogen) atoms. The fraction of sp³-hybridized carbons (Fsp3) is 0.174. The number of fused-ring (bicyclic) bond motifs is 1. The van der Waals surface area contributed by atoms with Gasteiger partial charge in [0.2, 0.25) is 0 Å². The maximum atomic E-state index is 11.9. The monoisotopic (exact) mass is 489 g/mol. The molecule has 1 aliphatic rings. The predicted octanol–water partition coefficient (Wildman–Crippen LogP) is 4.58. The van der Waals surface area contributed by atoms with E-state index < -0.39 is 4.92 Å². The number of non-ortho nitro benzene ring substituents is 1. The lowest BCUT2D eigenvalue weighted by atomic mass is 10.1. The molecule has 0 bridgehead atoms. The van der Waals surface area contributed by atoms with Crippen LogP contribution in [0.3, 0.4) is 0 Å². The molecule has 4 aromatic rings. The predicted molar refractivity (Wildman–Crippen MR) is 135 cm³/mol. The maximum Gasteiger partial charge on any atom is 0.293 e. The van der Waals surface area contributed by atoms with E-state index in [0.717, 1.165) is 22.9 Å². The van der Waals surface area contributed by atoms with Crippen molar-refractivity contribution in [3.05, 3.63) is 86.5 Å². The van der Waals surface area contributed by atoms with Crippen LogP contribution in [0.1, 0.15) is 5.56 Å². The molecule has 5 rings (SSSR count). The molecule has 1 fully saturated rings. The Bertz CT molecular complexity index is 1430. The minimum atomic E-state index is -0.425. The van der Waals surface area contributed by atoms with Crippen molar-refractivity contribution in [2.75, 3.05) is 36.0 Å². The minimum absolute atomic E-state index is 0.0197. The van der Waals surface area contributed by atoms with Gasteiger partial charge in [0.1, 0.15) is 16.7 Å². The van der Waals surface area contributed by atoms with Gasteiger partial charge in [0, 0.05) is 56.3 Å². The topological polar surface area (TPSA) is 131 Å². The highest BCUT2D eigenvalue weighted by atomic mass is 32.1. The van der Waals surface area contributed by atoms with Gasteiger partial charge < -0.3 is 9.80 Å². The Hall–Kier alpha value is -4.45. The molecule has 1 saturated heterocycles. The summed E-state index contributed by atoms with van der Waals surface area (Å²) >= 11 is 1.11. The van der Waals surface area contributed by atoms with E-state index in [2.05, 4.69) is 18.6 Å². The third-order valence-corrected chi connectivity index (χ3v) is 6.40. The molecule has 0 spiro atoms. The van der Waals surface area contributed by atoms with Gasteiger partial charge in [-0.15, -0.1) is 0 Å². The van der Waals surface area contributed by atoms with Crippen LogP contribution in [0.5, 0.6) is 0 Å². The zero-order valence-corrected chi connectivity index (χ0v) is 19.2. The number of benzene rings is 3. The van der Waals surface area contributed by atoms with E-state index in [4.69, 9.17) is 0 Å². The third kappa shape index (κ3) is 4.64. The first-order valence-electron chi connectivity index (χ1n) is 10.8. The summed E-state index contributed by atoms with van der Waals surface area (Å²) in [7, 11) is 0. The van der Waals surface area contributed by atoms with Crippen molar-refractivity contribution in [3.8, 4) is 0 Å². The Morgan fingerprint density at radius 1 is 0.886 bits per heavy atom. The van der Waals surface area contributed by atoms with Gasteiger partial charge in [-0.3, -0.25) is 25.2 Å². The van der Waals surface area contributed by atoms with E-state index in [9.17, 15) is 20.2 Å². The second kappa shape index (κ2) is 9.43. The summed E-state index contributed by atoms with van der Waals surface area (Å²) in [6.45, 7) is 2.46. The molecule has 3 aromatic carbocycles. The number of aromatic nitrogens is 2. The van der Waals surface area contributed by atoms with Crippen LogP contribution in [0.25, 0.3) is 11.0 Å². The number of aliphatic imine (C=N–C) groups is 1. The summed E-state index contributed by atoms with van der Waals surface area (Å²) in [5.74, 6) is 0. The van der Waals surface area contributed by atoms with Crippen LogP contribution in [-0.4, -0.2) is 51.0 Å². The lowest BCUT2D eigenvalue weighted by molar-refractivity contribution is -0.384. The van der Waals surface area contributed by atoms with Crippen LogP contribution in [0.15, 0.2) is 65.7 Å². The van der Waals surface area contributed by atoms with Gasteiger partial charge in [-0.25, -0.2) is 0 Å². The van der Waals surface area contributed by atoms with E-state index in [-0.39, 0.29) is 16.3 Å². The molecule has 1 aromatic heterocycles. The van der Waals surface area contributed by atoms with E-state index >= 15 is 0 Å². The number of hydrogen-bond donors (Lipinski definition) is 0. The second-order valence-corrected chi connectivity index (χ2v) is 8.45. The van der Waals surface area contributed by atoms with Crippen LogP contribution in [0.2, 0.25) is 0 Å². The van der Waals surface area contributed by atoms with Crippen molar-refractivity contribution in [2.24, 2.45) is 4.99 Å². The van der Waals surface area contributed by atoms with Crippen molar-refractivity contribution in [1.82, 2.24) is 8.75 Å². The first-order valence-corrected chi connectivity index (χ1v) is 11.5. The van der Waals surface area contributed by atoms with Crippen LogP contribution < -0.4 is 9.80 Å². The zero-order chi connectivity index (χ0) is 24.4. The number of nitro groups is 2. The van der Waals surface area contributed by atoms with Gasteiger partial charge in [0.05, 0.1) is 27.3 Å². The largest absolute Gasteiger partial charge is 0.368 e. The summed E-state index contributed by atoms with van der Waals surface area (Å²) in [4.78, 5) is 30.5. The fourth-order valence-corrected chi connectivity index (χ4v) is 4.61. The van der Waals surface area contributed by atoms with Gasteiger partial charge >= 0.3 is 0 Å². The van der Waals surface area contributed by atoms with Crippen LogP contribution in [-0.2, 0) is 0 Å². The second-order valence-electron chi connectivity index (χ2n) is 7.92. The zero-order valence-electron chi connectivity index (χ0n) is 18.4. The van der Waals surface area contributed by atoms with Gasteiger partial charge in [-0.2, -0.15) is 8.75 Å². The molecule has 0 radical (unpaired) electrons. The molecule has 11 nitrogen and oxygen atoms in total. The van der Waals surface area contributed by atoms with Gasteiger partial charge in [0.15, 0.2) is 0 Å². The Labute approximate surface area is 203 Å². The molecule has 0 atom stereocenters. The number of piperazine rings is 1. The summed E-state index contributed by atoms with van der Waals surface area (Å²) in [6, 6.07) is 17.1. The van der Waals surface area contributed by atoms with Crippen molar-refractivity contribution in [3.63, 3.8) is 0 Å². The summed E-state index contributed by atoms with van der Waals surface area (Å²) in [5.41, 5.74) is 4.25. The summed E-state index contributed by atoms with van der Waals surface area (Å²) < 4.78 is 8.46. The number of nitrogens with zero attached hydrogens (tertiary/aromatic N) is 7. The van der Waals surface area contributed by atoms with Crippen LogP contribution in [0.4, 0.5) is 28.4 Å². The fourth-order valence-electron chi connectivity index (χ4n) is 4.07. The SMILES string of the molecule is O=[N+]([O-])c1ccc(N2CCN(c3ccc(C=Nc4cccc5nsnc45)cc3[N+](=O)[O-])CC2)cc1. The Kier molecular flexibility index (Phi) is 6.02. The normalized spacial score (nSPS) is 14.1. The smallest absolute Gasteiger partial charge is 0.293 e. The third-order valence-electron chi connectivity index (χ3n) is 5.86. The Morgan fingerprint density at radius 3 is 2.34 bits per heavy atom. The van der Waals surface area contributed by atoms with Crippen LogP contribution >= 0.6 is 11.7 Å². The van der Waals surface area contributed by atoms with Crippen molar-refractivity contribution in [1.29, 1.82) is 0 Å². The first-order chi connectivity index (χ1) is 17.0. The van der Waals surface area contributed by atoms with E-state index in [1.807, 2.05) is 29.2 Å². The van der Waals surface area contributed by atoms with E-state index in [0.29, 0.717) is 48.6 Å². The molecule has 0 saturated carbocycles. The molecule has 0 unspecified atom stereocenters. The first kappa shape index (κ1) is 22.3. The number of anilines is 2. The van der Waals surface area contributed by atoms with Crippen molar-refractivity contribution in [2.45, 2.75) is 0 Å². The molecule has 0 N–H and O–H groups in total. The van der Waals surface area contributed by atoms with Crippen LogP contribution in [0, 0.1) is 20.2 Å². The average Bonchev–Trinajstić information content (AvgIpc) is 3.37. The van der Waals surface area contributed by atoms with Crippen molar-refractivity contribution >= 4 is 57.4 Å². The molecule has 0 aliphatic carbocycles. The van der Waals surface area contributed by atoms with Crippen molar-refractivity contribution < 1.29 is 9.85 Å². The average molecular weight is 490 g/mol. The summed E-state index contributed by atoms with van der Waals surface area (Å²) in [6.07, 6.45) is 1.59. The molecule has 2 heterocycles. The maximum absolute atomic E-state index is 11.9. The van der Waals surface area contributed by atoms with Gasteiger partial charge in [0.25, 0.3) is 11.4 Å². The summed E-state index contributed by atoms with van der Waals surface area (Å²) in [5, 5.41) is 22.7. The molecule has 1 aliphatic heterocycles. The lowest BCUT2D eigenvalue weighted by Crippen LogP contribution is -2.46. The van der Waals surface area contributed by atoms with Gasteiger partial charge in [-0.05, 0) is 35.9 Å². The van der Waals surface area contributed by atoms with E-state index in [1.54, 1.807) is 24.4 Å². The highest BCUT2D eigenvalue weighted by Crippen LogP contribution is 2.31. The highest BCUT2D eigenvalue weighted by molar-refractivity contribution is 7.00. The molecule has 12 heteroatoms. The quantitative estimate of drug-likeness (QED) is 0.218. The molecular formula is C23H19N7O4S. The minimum Gasteiger partial charge on any atom is -0.368 e. The molecule has 0 amide bonds. The molecule has 176 valence electrons. The Morgan fingerprint density at radius 2 is 1.63 bits per heavy atom. The lowest BCUT2D eigenvalue weighted by Gasteiger charge is -2.37. The van der Waals surface area contributed by atoms with Gasteiger partial charge in [-0.1, -0.05) is 12.1 Å². The molecular weight excluding hydrogens is 470 g/mol. The number of nitro benzene ring substituents is 2. The standard InChI is InChI=1S/C23H19N7O4S/c31-29(32)18-7-5-17(6-8-18)27-10-12-28(13-11-27)21-9-4-16(14-22(21)30(33)34)15-24-19-2-1-3-20-23(19)26-35-25-20/h1-9,14-15H,10-13H2. The number of rotatable bonds is 6. The number of hydrogen-bond acceptors (Lipinski definition) is 10.